The van der Waals surface area contributed by atoms with Crippen LogP contribution in [0.1, 0.15) is 47.9 Å². The maximum atomic E-state index is 12.9. The van der Waals surface area contributed by atoms with Gasteiger partial charge >= 0.3 is 5.69 Å². The van der Waals surface area contributed by atoms with Gasteiger partial charge in [0.15, 0.2) is 0 Å². The Morgan fingerprint density at radius 2 is 1.59 bits per heavy atom. The molecular weight excluding hydrogens is 362 g/mol. The standard InChI is InChI=1S/C24H21N3O2/c1-13(2)14-7-9-16(10-8-14)19-20-17-6-4-3-5-15(17)11-12-18(20)25-22-21(19)23(28)27-24(29)26-22/h3-13,19H,1-2H3,(H3,25,26,27,28,29)/t19-/m0/s1. The third kappa shape index (κ3) is 2.78. The van der Waals surface area contributed by atoms with Crippen LogP contribution in [0.25, 0.3) is 10.8 Å². The van der Waals surface area contributed by atoms with Gasteiger partial charge in [-0.3, -0.25) is 14.8 Å². The zero-order valence-corrected chi connectivity index (χ0v) is 16.2. The monoisotopic (exact) mass is 383 g/mol. The van der Waals surface area contributed by atoms with Crippen LogP contribution < -0.4 is 16.6 Å². The largest absolute Gasteiger partial charge is 0.341 e. The molecule has 0 saturated carbocycles. The molecule has 0 saturated heterocycles. The van der Waals surface area contributed by atoms with Gasteiger partial charge in [0.2, 0.25) is 0 Å². The van der Waals surface area contributed by atoms with Crippen molar-refractivity contribution >= 4 is 22.3 Å². The first-order chi connectivity index (χ1) is 14.0. The Bertz CT molecular complexity index is 1350. The average molecular weight is 383 g/mol. The number of benzene rings is 3. The molecule has 5 rings (SSSR count). The van der Waals surface area contributed by atoms with Crippen LogP contribution in [0.15, 0.2) is 70.3 Å². The van der Waals surface area contributed by atoms with E-state index in [1.165, 1.54) is 5.56 Å². The first-order valence-corrected chi connectivity index (χ1v) is 9.78. The van der Waals surface area contributed by atoms with Crippen LogP contribution in [-0.4, -0.2) is 9.97 Å². The van der Waals surface area contributed by atoms with Gasteiger partial charge in [-0.05, 0) is 39.4 Å². The number of aromatic nitrogens is 2. The maximum Gasteiger partial charge on any atom is 0.327 e. The summed E-state index contributed by atoms with van der Waals surface area (Å²) in [6, 6.07) is 20.6. The zero-order valence-electron chi connectivity index (χ0n) is 16.2. The maximum absolute atomic E-state index is 12.9. The molecule has 1 atom stereocenters. The van der Waals surface area contributed by atoms with E-state index in [0.717, 1.165) is 27.6 Å². The van der Waals surface area contributed by atoms with Crippen LogP contribution in [0.4, 0.5) is 11.5 Å². The second kappa shape index (κ2) is 6.48. The van der Waals surface area contributed by atoms with E-state index in [4.69, 9.17) is 0 Å². The Labute approximate surface area is 167 Å². The molecule has 0 bridgehead atoms. The molecule has 0 amide bonds. The summed E-state index contributed by atoms with van der Waals surface area (Å²) in [5.41, 5.74) is 3.86. The minimum absolute atomic E-state index is 0.283. The molecule has 0 aliphatic carbocycles. The van der Waals surface area contributed by atoms with Crippen molar-refractivity contribution in [2.45, 2.75) is 25.7 Å². The Morgan fingerprint density at radius 3 is 2.34 bits per heavy atom. The van der Waals surface area contributed by atoms with Crippen LogP contribution in [0.2, 0.25) is 0 Å². The van der Waals surface area contributed by atoms with Crippen molar-refractivity contribution < 1.29 is 0 Å². The number of hydrogen-bond donors (Lipinski definition) is 3. The fourth-order valence-electron chi connectivity index (χ4n) is 4.27. The lowest BCUT2D eigenvalue weighted by Crippen LogP contribution is -2.31. The number of rotatable bonds is 2. The molecule has 5 heteroatoms. The van der Waals surface area contributed by atoms with Crippen LogP contribution in [0.5, 0.6) is 0 Å². The highest BCUT2D eigenvalue weighted by atomic mass is 16.2. The van der Waals surface area contributed by atoms with E-state index in [1.807, 2.05) is 18.2 Å². The topological polar surface area (TPSA) is 77.8 Å². The van der Waals surface area contributed by atoms with Gasteiger partial charge in [0.05, 0.1) is 5.56 Å². The molecule has 1 aliphatic rings. The predicted octanol–water partition coefficient (Wildman–Crippen LogP) is 4.58. The molecule has 29 heavy (non-hydrogen) atoms. The molecule has 3 N–H and O–H groups in total. The smallest absolute Gasteiger partial charge is 0.327 e. The molecule has 1 aliphatic heterocycles. The van der Waals surface area contributed by atoms with Gasteiger partial charge in [-0.2, -0.15) is 0 Å². The molecule has 1 aromatic heterocycles. The number of H-pyrrole nitrogens is 2. The lowest BCUT2D eigenvalue weighted by molar-refractivity contribution is 0.858. The van der Waals surface area contributed by atoms with E-state index in [1.54, 1.807) is 0 Å². The summed E-state index contributed by atoms with van der Waals surface area (Å²) in [5.74, 6) is 0.603. The van der Waals surface area contributed by atoms with Gasteiger partial charge in [-0.25, -0.2) is 4.79 Å². The first-order valence-electron chi connectivity index (χ1n) is 9.78. The predicted molar refractivity (Wildman–Crippen MR) is 116 cm³/mol. The van der Waals surface area contributed by atoms with Gasteiger partial charge in [0.25, 0.3) is 5.56 Å². The Hall–Kier alpha value is -3.60. The summed E-state index contributed by atoms with van der Waals surface area (Å²) in [6.07, 6.45) is 0. The van der Waals surface area contributed by atoms with E-state index < -0.39 is 5.69 Å². The Balaban J connectivity index is 1.84. The van der Waals surface area contributed by atoms with Crippen molar-refractivity contribution in [1.82, 2.24) is 9.97 Å². The van der Waals surface area contributed by atoms with Gasteiger partial charge in [-0.15, -0.1) is 0 Å². The normalized spacial score (nSPS) is 15.1. The van der Waals surface area contributed by atoms with E-state index in [2.05, 4.69) is 71.6 Å². The highest BCUT2D eigenvalue weighted by molar-refractivity contribution is 5.94. The Kier molecular flexibility index (Phi) is 3.91. The van der Waals surface area contributed by atoms with Crippen LogP contribution in [0, 0.1) is 0 Å². The summed E-state index contributed by atoms with van der Waals surface area (Å²) in [5, 5.41) is 5.47. The van der Waals surface area contributed by atoms with Crippen molar-refractivity contribution in [3.63, 3.8) is 0 Å². The number of anilines is 2. The van der Waals surface area contributed by atoms with Gasteiger partial charge in [0.1, 0.15) is 5.82 Å². The molecule has 4 aromatic rings. The van der Waals surface area contributed by atoms with Gasteiger partial charge in [-0.1, -0.05) is 68.4 Å². The summed E-state index contributed by atoms with van der Waals surface area (Å²) in [7, 11) is 0. The third-order valence-electron chi connectivity index (χ3n) is 5.72. The third-order valence-corrected chi connectivity index (χ3v) is 5.72. The average Bonchev–Trinajstić information content (AvgIpc) is 2.72. The minimum Gasteiger partial charge on any atom is -0.341 e. The first kappa shape index (κ1) is 17.5. The molecule has 0 fully saturated rings. The number of hydrogen-bond acceptors (Lipinski definition) is 3. The lowest BCUT2D eigenvalue weighted by Gasteiger charge is -2.30. The summed E-state index contributed by atoms with van der Waals surface area (Å²) in [6.45, 7) is 4.32. The highest BCUT2D eigenvalue weighted by Crippen LogP contribution is 2.45. The zero-order chi connectivity index (χ0) is 20.1. The highest BCUT2D eigenvalue weighted by Gasteiger charge is 2.32. The lowest BCUT2D eigenvalue weighted by atomic mass is 9.80. The molecule has 0 radical (unpaired) electrons. The van der Waals surface area contributed by atoms with Crippen molar-refractivity contribution in [2.24, 2.45) is 0 Å². The Morgan fingerprint density at radius 1 is 0.828 bits per heavy atom. The molecular formula is C24H21N3O2. The fraction of sp³-hybridized carbons (Fsp3) is 0.167. The van der Waals surface area contributed by atoms with E-state index in [0.29, 0.717) is 17.3 Å². The second-order valence-electron chi connectivity index (χ2n) is 7.82. The van der Waals surface area contributed by atoms with Crippen molar-refractivity contribution in [3.05, 3.63) is 104 Å². The van der Waals surface area contributed by atoms with Gasteiger partial charge < -0.3 is 5.32 Å². The van der Waals surface area contributed by atoms with Crippen LogP contribution in [-0.2, 0) is 0 Å². The number of aromatic amines is 2. The van der Waals surface area contributed by atoms with Crippen molar-refractivity contribution in [3.8, 4) is 0 Å². The summed E-state index contributed by atoms with van der Waals surface area (Å²) < 4.78 is 0. The minimum atomic E-state index is -0.514. The van der Waals surface area contributed by atoms with E-state index in [9.17, 15) is 9.59 Å². The molecule has 5 nitrogen and oxygen atoms in total. The summed E-state index contributed by atoms with van der Waals surface area (Å²) in [4.78, 5) is 29.9. The molecule has 2 heterocycles. The summed E-state index contributed by atoms with van der Waals surface area (Å²) >= 11 is 0. The van der Waals surface area contributed by atoms with Crippen molar-refractivity contribution in [1.29, 1.82) is 0 Å². The SMILES string of the molecule is CC(C)c1ccc([C@@H]2c3c([nH]c(=O)[nH]c3=O)Nc3ccc4ccccc4c32)cc1. The molecule has 144 valence electrons. The van der Waals surface area contributed by atoms with Crippen LogP contribution >= 0.6 is 0 Å². The number of nitrogens with one attached hydrogen (secondary N) is 3. The second-order valence-corrected chi connectivity index (χ2v) is 7.82. The fourth-order valence-corrected chi connectivity index (χ4v) is 4.27. The molecule has 0 spiro atoms. The van der Waals surface area contributed by atoms with Crippen molar-refractivity contribution in [2.75, 3.05) is 5.32 Å². The van der Waals surface area contributed by atoms with Crippen LogP contribution in [0.3, 0.4) is 0 Å². The van der Waals surface area contributed by atoms with E-state index >= 15 is 0 Å². The number of fused-ring (bicyclic) bond motifs is 4. The van der Waals surface area contributed by atoms with Gasteiger partial charge in [0, 0.05) is 11.6 Å². The molecule has 0 unspecified atom stereocenters. The quantitative estimate of drug-likeness (QED) is 0.418. The van der Waals surface area contributed by atoms with E-state index in [-0.39, 0.29) is 11.5 Å². The molecule has 3 aromatic carbocycles.